The van der Waals surface area contributed by atoms with E-state index < -0.39 is 11.1 Å². The zero-order valence-corrected chi connectivity index (χ0v) is 16.3. The van der Waals surface area contributed by atoms with Crippen LogP contribution in [0.2, 0.25) is 0 Å². The van der Waals surface area contributed by atoms with Crippen molar-refractivity contribution in [1.82, 2.24) is 10.3 Å². The van der Waals surface area contributed by atoms with Crippen LogP contribution in [0.25, 0.3) is 11.8 Å². The number of amides is 1. The molecular weight excluding hydrogens is 394 g/mol. The topological polar surface area (TPSA) is 113 Å². The molecule has 0 radical (unpaired) electrons. The van der Waals surface area contributed by atoms with Crippen molar-refractivity contribution in [2.75, 3.05) is 5.75 Å². The summed E-state index contributed by atoms with van der Waals surface area (Å²) in [5, 5.41) is 21.7. The highest BCUT2D eigenvalue weighted by molar-refractivity contribution is 8.13. The fraction of sp³-hybridized carbons (Fsp3) is 0.211. The van der Waals surface area contributed by atoms with E-state index in [1.165, 1.54) is 23.9 Å². The molecule has 0 spiro atoms. The third-order valence-corrected chi connectivity index (χ3v) is 5.28. The lowest BCUT2D eigenvalue weighted by Crippen LogP contribution is -2.52. The van der Waals surface area contributed by atoms with Gasteiger partial charge in [-0.25, -0.2) is 5.01 Å². The lowest BCUT2D eigenvalue weighted by Gasteiger charge is -2.32. The van der Waals surface area contributed by atoms with Gasteiger partial charge in [-0.05, 0) is 30.7 Å². The summed E-state index contributed by atoms with van der Waals surface area (Å²) in [6.07, 6.45) is 3.65. The molecule has 0 aliphatic carbocycles. The van der Waals surface area contributed by atoms with E-state index >= 15 is 0 Å². The summed E-state index contributed by atoms with van der Waals surface area (Å²) < 4.78 is 5.16. The van der Waals surface area contributed by atoms with Crippen LogP contribution < -0.4 is 15.9 Å². The smallest absolute Gasteiger partial charge is 0.401 e. The van der Waals surface area contributed by atoms with E-state index in [0.29, 0.717) is 27.2 Å². The minimum absolute atomic E-state index is 0.243. The molecule has 0 saturated carbocycles. The van der Waals surface area contributed by atoms with Crippen molar-refractivity contribution in [3.8, 4) is 0 Å². The highest BCUT2D eigenvalue weighted by Gasteiger charge is 2.32. The quantitative estimate of drug-likeness (QED) is 0.593. The predicted octanol–water partition coefficient (Wildman–Crippen LogP) is 1.81. The number of fused-ring (bicyclic) bond motifs is 2. The highest BCUT2D eigenvalue weighted by Crippen LogP contribution is 2.23. The van der Waals surface area contributed by atoms with Crippen molar-refractivity contribution in [3.05, 3.63) is 68.9 Å². The van der Waals surface area contributed by atoms with E-state index in [9.17, 15) is 14.9 Å². The Bertz CT molecular complexity index is 1150. The number of nitro groups is 1. The molecule has 9 nitrogen and oxygen atoms in total. The molecule has 1 N–H and O–H groups in total. The summed E-state index contributed by atoms with van der Waals surface area (Å²) in [7, 11) is 0. The van der Waals surface area contributed by atoms with Crippen molar-refractivity contribution in [3.63, 3.8) is 0 Å². The van der Waals surface area contributed by atoms with Gasteiger partial charge < -0.3 is 4.42 Å². The number of furan rings is 1. The molecule has 0 saturated heterocycles. The summed E-state index contributed by atoms with van der Waals surface area (Å²) in [5.74, 6) is 0.565. The summed E-state index contributed by atoms with van der Waals surface area (Å²) in [6, 6.07) is 10.1. The number of benzene rings is 1. The normalized spacial score (nSPS) is 18.0. The van der Waals surface area contributed by atoms with E-state index in [1.807, 2.05) is 24.3 Å². The van der Waals surface area contributed by atoms with Gasteiger partial charge in [-0.15, -0.1) is 5.10 Å². The van der Waals surface area contributed by atoms with Gasteiger partial charge in [0.15, 0.2) is 11.3 Å². The maximum absolute atomic E-state index is 12.8. The fourth-order valence-corrected chi connectivity index (χ4v) is 3.66. The highest BCUT2D eigenvalue weighted by atomic mass is 32.2. The first-order chi connectivity index (χ1) is 14.1. The Morgan fingerprint density at radius 1 is 1.34 bits per heavy atom. The van der Waals surface area contributed by atoms with Gasteiger partial charge in [-0.3, -0.25) is 25.2 Å². The van der Waals surface area contributed by atoms with Crippen LogP contribution in [0.1, 0.15) is 19.1 Å². The van der Waals surface area contributed by atoms with E-state index in [-0.39, 0.29) is 11.8 Å². The van der Waals surface area contributed by atoms with Gasteiger partial charge >= 0.3 is 5.88 Å². The predicted molar refractivity (Wildman–Crippen MR) is 109 cm³/mol. The Morgan fingerprint density at radius 3 is 2.93 bits per heavy atom. The molecule has 1 aromatic carbocycles. The molecular formula is C19H17N5O4S. The van der Waals surface area contributed by atoms with Crippen LogP contribution in [0.4, 0.5) is 5.88 Å². The van der Waals surface area contributed by atoms with Crippen LogP contribution in [-0.4, -0.2) is 32.9 Å². The second kappa shape index (κ2) is 7.92. The lowest BCUT2D eigenvalue weighted by atomic mass is 10.1. The maximum Gasteiger partial charge on any atom is 0.433 e. The molecule has 0 fully saturated rings. The van der Waals surface area contributed by atoms with E-state index in [4.69, 9.17) is 4.42 Å². The van der Waals surface area contributed by atoms with Crippen LogP contribution in [0.3, 0.4) is 0 Å². The van der Waals surface area contributed by atoms with Crippen molar-refractivity contribution >= 4 is 40.5 Å². The summed E-state index contributed by atoms with van der Waals surface area (Å²) in [5.41, 5.74) is 0.413. The average Bonchev–Trinajstić information content (AvgIpc) is 3.19. The number of nitrogens with one attached hydrogen (secondary N) is 1. The molecule has 1 amide bonds. The largest absolute Gasteiger partial charge is 0.433 e. The number of hydrogen-bond donors (Lipinski definition) is 1. The number of hydrazone groups is 1. The third-order valence-electron chi connectivity index (χ3n) is 4.21. The molecule has 29 heavy (non-hydrogen) atoms. The van der Waals surface area contributed by atoms with Gasteiger partial charge in [-0.1, -0.05) is 36.9 Å². The minimum Gasteiger partial charge on any atom is -0.401 e. The number of carbonyl (C=O) groups is 1. The zero-order chi connectivity index (χ0) is 20.4. The summed E-state index contributed by atoms with van der Waals surface area (Å²) in [4.78, 5) is 27.7. The Hall–Kier alpha value is -3.40. The van der Waals surface area contributed by atoms with E-state index in [2.05, 4.69) is 22.3 Å². The number of amidine groups is 1. The number of carbonyl (C=O) groups excluding carboxylic acids is 1. The second-order valence-corrected chi connectivity index (χ2v) is 7.34. The SMILES string of the molecule is CCCSC1=NN2C(=c3ccccc3=NC2/C=C/c2ccc([N+](=O)[O-])o2)C(=O)N1. The van der Waals surface area contributed by atoms with Crippen molar-refractivity contribution in [2.45, 2.75) is 19.5 Å². The molecule has 1 atom stereocenters. The molecule has 1 aromatic heterocycles. The average molecular weight is 411 g/mol. The van der Waals surface area contributed by atoms with Crippen molar-refractivity contribution in [2.24, 2.45) is 10.1 Å². The van der Waals surface area contributed by atoms with Crippen LogP contribution in [0, 0.1) is 10.1 Å². The molecule has 148 valence electrons. The number of para-hydroxylation sites is 1. The third kappa shape index (κ3) is 3.79. The van der Waals surface area contributed by atoms with Gasteiger partial charge in [0, 0.05) is 11.0 Å². The number of thioether (sulfide) groups is 1. The Kier molecular flexibility index (Phi) is 5.17. The van der Waals surface area contributed by atoms with Crippen LogP contribution in [0.5, 0.6) is 0 Å². The Morgan fingerprint density at radius 2 is 2.17 bits per heavy atom. The number of nitrogens with zero attached hydrogens (tertiary/aromatic N) is 4. The lowest BCUT2D eigenvalue weighted by molar-refractivity contribution is -0.402. The van der Waals surface area contributed by atoms with Crippen molar-refractivity contribution in [1.29, 1.82) is 0 Å². The molecule has 2 aliphatic rings. The first-order valence-corrected chi connectivity index (χ1v) is 9.97. The molecule has 2 aromatic rings. The second-order valence-electron chi connectivity index (χ2n) is 6.25. The summed E-state index contributed by atoms with van der Waals surface area (Å²) >= 11 is 1.47. The standard InChI is InChI=1S/C19H17N5O4S/c1-2-11-29-19-21-18(25)17-13-5-3-4-6-14(13)20-15(23(17)22-19)9-7-12-8-10-16(28-12)24(26)27/h3-10,15H,2,11H2,1H3,(H,21,22,25)/b9-7+. The van der Waals surface area contributed by atoms with Gasteiger partial charge in [0.1, 0.15) is 16.4 Å². The first kappa shape index (κ1) is 18.9. The molecule has 3 heterocycles. The monoisotopic (exact) mass is 411 g/mol. The molecule has 0 bridgehead atoms. The van der Waals surface area contributed by atoms with Gasteiger partial charge in [0.25, 0.3) is 5.91 Å². The molecule has 2 aliphatic heterocycles. The fourth-order valence-electron chi connectivity index (χ4n) is 2.95. The van der Waals surface area contributed by atoms with Crippen molar-refractivity contribution < 1.29 is 14.1 Å². The minimum atomic E-state index is -0.596. The Labute approximate surface area is 169 Å². The maximum atomic E-state index is 12.8. The summed E-state index contributed by atoms with van der Waals surface area (Å²) in [6.45, 7) is 2.05. The number of rotatable bonds is 5. The molecule has 4 rings (SSSR count). The zero-order valence-electron chi connectivity index (χ0n) is 15.4. The number of hydrogen-bond acceptors (Lipinski definition) is 8. The van der Waals surface area contributed by atoms with Gasteiger partial charge in [-0.2, -0.15) is 0 Å². The van der Waals surface area contributed by atoms with Gasteiger partial charge in [0.2, 0.25) is 0 Å². The van der Waals surface area contributed by atoms with Crippen LogP contribution in [0.15, 0.2) is 57.0 Å². The van der Waals surface area contributed by atoms with Crippen LogP contribution >= 0.6 is 11.8 Å². The van der Waals surface area contributed by atoms with E-state index in [1.54, 1.807) is 17.2 Å². The Balaban J connectivity index is 1.74. The molecule has 1 unspecified atom stereocenters. The van der Waals surface area contributed by atoms with Gasteiger partial charge in [0.05, 0.1) is 11.4 Å². The van der Waals surface area contributed by atoms with Crippen LogP contribution in [-0.2, 0) is 4.79 Å². The first-order valence-electron chi connectivity index (χ1n) is 8.98. The molecule has 10 heteroatoms. The van der Waals surface area contributed by atoms with E-state index in [0.717, 1.165) is 12.2 Å².